The van der Waals surface area contributed by atoms with Gasteiger partial charge < -0.3 is 9.73 Å². The maximum absolute atomic E-state index is 12.0. The van der Waals surface area contributed by atoms with Gasteiger partial charge in [0.15, 0.2) is 11.5 Å². The van der Waals surface area contributed by atoms with Crippen molar-refractivity contribution >= 4 is 40.7 Å². The highest BCUT2D eigenvalue weighted by Gasteiger charge is 2.10. The minimum absolute atomic E-state index is 0.0150. The number of nitrogens with zero attached hydrogens (tertiary/aromatic N) is 1. The molecule has 0 radical (unpaired) electrons. The van der Waals surface area contributed by atoms with Crippen LogP contribution >= 0.6 is 23.4 Å². The van der Waals surface area contributed by atoms with E-state index < -0.39 is 0 Å². The van der Waals surface area contributed by atoms with E-state index in [1.807, 2.05) is 12.1 Å². The van der Waals surface area contributed by atoms with E-state index in [4.69, 9.17) is 16.0 Å². The minimum Gasteiger partial charge on any atom is -0.431 e. The van der Waals surface area contributed by atoms with Crippen LogP contribution in [0.3, 0.4) is 0 Å². The number of Topliss-reactive ketones (excluding diaryl/α,β-unsaturated/α-hetero) is 1. The third-order valence-corrected chi connectivity index (χ3v) is 4.61. The van der Waals surface area contributed by atoms with Gasteiger partial charge in [0.2, 0.25) is 5.91 Å². The zero-order valence-corrected chi connectivity index (χ0v) is 15.4. The third kappa shape index (κ3) is 4.74. The number of thioether (sulfide) groups is 1. The second-order valence-electron chi connectivity index (χ2n) is 5.47. The van der Waals surface area contributed by atoms with E-state index in [9.17, 15) is 9.59 Å². The fourth-order valence-corrected chi connectivity index (χ4v) is 2.91. The number of carbonyl (C=O) groups excluding carboxylic acids is 2. The third-order valence-electron chi connectivity index (χ3n) is 3.52. The molecule has 3 rings (SSSR count). The van der Waals surface area contributed by atoms with Gasteiger partial charge >= 0.3 is 0 Å². The molecule has 0 bridgehead atoms. The number of anilines is 1. The SMILES string of the molecule is CC(=O)c1ccc(NC(=O)CSc2ncc(-c3ccc(Cl)cc3)o2)cc1. The summed E-state index contributed by atoms with van der Waals surface area (Å²) in [4.78, 5) is 27.5. The lowest BCUT2D eigenvalue weighted by Crippen LogP contribution is -2.14. The van der Waals surface area contributed by atoms with Crippen LogP contribution in [0.1, 0.15) is 17.3 Å². The number of rotatable bonds is 6. The van der Waals surface area contributed by atoms with Gasteiger partial charge in [0.1, 0.15) is 0 Å². The van der Waals surface area contributed by atoms with Crippen molar-refractivity contribution in [3.63, 3.8) is 0 Å². The predicted octanol–water partition coefficient (Wildman–Crippen LogP) is 4.93. The summed E-state index contributed by atoms with van der Waals surface area (Å²) in [5, 5.41) is 3.83. The van der Waals surface area contributed by atoms with E-state index >= 15 is 0 Å². The molecule has 1 heterocycles. The average Bonchev–Trinajstić information content (AvgIpc) is 3.10. The maximum Gasteiger partial charge on any atom is 0.256 e. The Bertz CT molecular complexity index is 921. The highest BCUT2D eigenvalue weighted by Crippen LogP contribution is 2.26. The molecule has 132 valence electrons. The fraction of sp³-hybridized carbons (Fsp3) is 0.105. The van der Waals surface area contributed by atoms with Gasteiger partial charge in [0.05, 0.1) is 11.9 Å². The van der Waals surface area contributed by atoms with Gasteiger partial charge in [-0.3, -0.25) is 9.59 Å². The van der Waals surface area contributed by atoms with Crippen LogP contribution < -0.4 is 5.32 Å². The number of oxazole rings is 1. The molecule has 0 aliphatic carbocycles. The van der Waals surface area contributed by atoms with Gasteiger partial charge in [0.25, 0.3) is 5.22 Å². The van der Waals surface area contributed by atoms with E-state index in [1.54, 1.807) is 42.6 Å². The van der Waals surface area contributed by atoms with E-state index in [-0.39, 0.29) is 17.4 Å². The molecule has 0 saturated heterocycles. The number of amides is 1. The van der Waals surface area contributed by atoms with E-state index in [0.29, 0.717) is 27.3 Å². The standard InChI is InChI=1S/C19H15ClN2O3S/c1-12(23)13-4-8-16(9-5-13)22-18(24)11-26-19-21-10-17(25-19)14-2-6-15(20)7-3-14/h2-10H,11H2,1H3,(H,22,24). The van der Waals surface area contributed by atoms with Crippen molar-refractivity contribution in [3.05, 3.63) is 65.3 Å². The van der Waals surface area contributed by atoms with Crippen LogP contribution in [0.2, 0.25) is 5.02 Å². The average molecular weight is 387 g/mol. The Hall–Kier alpha value is -2.57. The number of hydrogen-bond acceptors (Lipinski definition) is 5. The molecule has 0 unspecified atom stereocenters. The molecule has 26 heavy (non-hydrogen) atoms. The van der Waals surface area contributed by atoms with Crippen LogP contribution in [0.4, 0.5) is 5.69 Å². The number of aromatic nitrogens is 1. The first-order chi connectivity index (χ1) is 12.5. The topological polar surface area (TPSA) is 72.2 Å². The Morgan fingerprint density at radius 1 is 1.12 bits per heavy atom. The molecule has 5 nitrogen and oxygen atoms in total. The summed E-state index contributed by atoms with van der Waals surface area (Å²) >= 11 is 7.07. The largest absolute Gasteiger partial charge is 0.431 e. The second-order valence-corrected chi connectivity index (χ2v) is 6.83. The van der Waals surface area contributed by atoms with Gasteiger partial charge in [-0.1, -0.05) is 23.4 Å². The number of hydrogen-bond donors (Lipinski definition) is 1. The second kappa shape index (κ2) is 8.21. The smallest absolute Gasteiger partial charge is 0.256 e. The fourth-order valence-electron chi connectivity index (χ4n) is 2.19. The summed E-state index contributed by atoms with van der Waals surface area (Å²) in [6.45, 7) is 1.50. The summed E-state index contributed by atoms with van der Waals surface area (Å²) < 4.78 is 5.64. The molecule has 3 aromatic rings. The Kier molecular flexibility index (Phi) is 5.75. The zero-order chi connectivity index (χ0) is 18.5. The lowest BCUT2D eigenvalue weighted by Gasteiger charge is -2.04. The summed E-state index contributed by atoms with van der Waals surface area (Å²) in [5.74, 6) is 0.578. The molecule has 1 amide bonds. The molecular weight excluding hydrogens is 372 g/mol. The quantitative estimate of drug-likeness (QED) is 0.480. The summed E-state index contributed by atoms with van der Waals surface area (Å²) in [6.07, 6.45) is 1.62. The van der Waals surface area contributed by atoms with Crippen LogP contribution in [0.25, 0.3) is 11.3 Å². The van der Waals surface area contributed by atoms with Gasteiger partial charge in [-0.15, -0.1) is 0 Å². The molecule has 1 N–H and O–H groups in total. The van der Waals surface area contributed by atoms with Crippen molar-refractivity contribution in [3.8, 4) is 11.3 Å². The van der Waals surface area contributed by atoms with Gasteiger partial charge in [0, 0.05) is 21.8 Å². The Balaban J connectivity index is 1.54. The number of nitrogens with one attached hydrogen (secondary N) is 1. The van der Waals surface area contributed by atoms with Crippen LogP contribution in [0.15, 0.2) is 64.4 Å². The van der Waals surface area contributed by atoms with Crippen molar-refractivity contribution in [1.29, 1.82) is 0 Å². The molecule has 2 aromatic carbocycles. The molecule has 0 aliphatic rings. The van der Waals surface area contributed by atoms with Crippen LogP contribution in [-0.4, -0.2) is 22.4 Å². The number of ketones is 1. The highest BCUT2D eigenvalue weighted by molar-refractivity contribution is 7.99. The van der Waals surface area contributed by atoms with Crippen LogP contribution in [0, 0.1) is 0 Å². The molecule has 0 spiro atoms. The molecule has 0 saturated carbocycles. The van der Waals surface area contributed by atoms with Crippen molar-refractivity contribution in [1.82, 2.24) is 4.98 Å². The first-order valence-corrected chi connectivity index (χ1v) is 9.13. The van der Waals surface area contributed by atoms with Gasteiger partial charge in [-0.25, -0.2) is 4.98 Å². The zero-order valence-electron chi connectivity index (χ0n) is 13.9. The van der Waals surface area contributed by atoms with Crippen molar-refractivity contribution in [2.45, 2.75) is 12.1 Å². The first kappa shape index (κ1) is 18.2. The van der Waals surface area contributed by atoms with E-state index in [0.717, 1.165) is 5.56 Å². The Labute approximate surface area is 159 Å². The molecule has 0 fully saturated rings. The summed E-state index contributed by atoms with van der Waals surface area (Å²) in [5.41, 5.74) is 2.10. The molecule has 0 atom stereocenters. The van der Waals surface area contributed by atoms with Crippen LogP contribution in [0.5, 0.6) is 0 Å². The maximum atomic E-state index is 12.0. The lowest BCUT2D eigenvalue weighted by atomic mass is 10.1. The van der Waals surface area contributed by atoms with Crippen molar-refractivity contribution in [2.75, 3.05) is 11.1 Å². The Morgan fingerprint density at radius 3 is 2.46 bits per heavy atom. The predicted molar refractivity (Wildman–Crippen MR) is 103 cm³/mol. The number of halogens is 1. The Morgan fingerprint density at radius 2 is 1.81 bits per heavy atom. The molecule has 1 aromatic heterocycles. The number of benzene rings is 2. The summed E-state index contributed by atoms with van der Waals surface area (Å²) in [6, 6.07) is 14.0. The van der Waals surface area contributed by atoms with Crippen LogP contribution in [-0.2, 0) is 4.79 Å². The lowest BCUT2D eigenvalue weighted by molar-refractivity contribution is -0.113. The summed E-state index contributed by atoms with van der Waals surface area (Å²) in [7, 11) is 0. The molecule has 0 aliphatic heterocycles. The highest BCUT2D eigenvalue weighted by atomic mass is 35.5. The normalized spacial score (nSPS) is 10.5. The monoisotopic (exact) mass is 386 g/mol. The van der Waals surface area contributed by atoms with E-state index in [2.05, 4.69) is 10.3 Å². The molecule has 7 heteroatoms. The van der Waals surface area contributed by atoms with Crippen molar-refractivity contribution < 1.29 is 14.0 Å². The van der Waals surface area contributed by atoms with Gasteiger partial charge in [-0.05, 0) is 55.5 Å². The van der Waals surface area contributed by atoms with E-state index in [1.165, 1.54) is 18.7 Å². The number of carbonyl (C=O) groups is 2. The van der Waals surface area contributed by atoms with Crippen molar-refractivity contribution in [2.24, 2.45) is 0 Å². The minimum atomic E-state index is -0.184. The first-order valence-electron chi connectivity index (χ1n) is 7.77. The van der Waals surface area contributed by atoms with Gasteiger partial charge in [-0.2, -0.15) is 0 Å². The molecular formula is C19H15ClN2O3S.